The fourth-order valence-electron chi connectivity index (χ4n) is 8.48. The van der Waals surface area contributed by atoms with E-state index in [0.717, 1.165) is 0 Å². The minimum atomic E-state index is 0.599. The zero-order valence-electron chi connectivity index (χ0n) is 46.1. The van der Waals surface area contributed by atoms with Crippen molar-refractivity contribution in [1.82, 2.24) is 0 Å². The molecule has 8 N–H and O–H groups in total. The van der Waals surface area contributed by atoms with Gasteiger partial charge in [-0.1, -0.05) is 72.8 Å². The number of benzene rings is 12. The van der Waals surface area contributed by atoms with Gasteiger partial charge in [0, 0.05) is 95.5 Å². The average Bonchev–Trinajstić information content (AvgIpc) is 3.66. The summed E-state index contributed by atoms with van der Waals surface area (Å²) in [5, 5.41) is 0. The summed E-state index contributed by atoms with van der Waals surface area (Å²) in [6, 6.07) is 88.2. The largest absolute Gasteiger partial charge is 0.457 e. The van der Waals surface area contributed by atoms with Gasteiger partial charge in [0.1, 0.15) is 115 Å². The summed E-state index contributed by atoms with van der Waals surface area (Å²) in [5.41, 5.74) is 26.0. The third-order valence-corrected chi connectivity index (χ3v) is 12.2. The van der Waals surface area contributed by atoms with Gasteiger partial charge in [0.05, 0.1) is 0 Å². The molecule has 0 aliphatic heterocycles. The minimum absolute atomic E-state index is 0.599. The van der Waals surface area contributed by atoms with E-state index in [2.05, 4.69) is 0 Å². The van der Waals surface area contributed by atoms with E-state index in [1.54, 1.807) is 24.3 Å². The molecule has 0 aliphatic rings. The van der Waals surface area contributed by atoms with Crippen molar-refractivity contribution in [3.8, 4) is 115 Å². The molecule has 0 spiro atoms. The van der Waals surface area contributed by atoms with Crippen LogP contribution in [-0.2, 0) is 0 Å². The molecule has 0 aromatic heterocycles. The predicted octanol–water partition coefficient (Wildman–Crippen LogP) is 19.6. The lowest BCUT2D eigenvalue weighted by molar-refractivity contribution is 0.443. The first-order valence-electron chi connectivity index (χ1n) is 27.1. The molecular formula is C72H56N4O10. The number of rotatable bonds is 20. The Balaban J connectivity index is 0.000000188. The minimum Gasteiger partial charge on any atom is -0.457 e. The fraction of sp³-hybridized carbons (Fsp3) is 0. The molecule has 14 nitrogen and oxygen atoms in total. The molecule has 14 heteroatoms. The molecule has 0 heterocycles. The van der Waals surface area contributed by atoms with Crippen LogP contribution in [0.3, 0.4) is 0 Å². The van der Waals surface area contributed by atoms with Crippen LogP contribution in [-0.4, -0.2) is 0 Å². The lowest BCUT2D eigenvalue weighted by Crippen LogP contribution is -1.90. The number of anilines is 4. The first-order valence-corrected chi connectivity index (χ1v) is 27.1. The lowest BCUT2D eigenvalue weighted by atomic mass is 10.3. The van der Waals surface area contributed by atoms with Crippen LogP contribution in [0.25, 0.3) is 0 Å². The van der Waals surface area contributed by atoms with Gasteiger partial charge in [-0.2, -0.15) is 0 Å². The Morgan fingerprint density at radius 2 is 0.221 bits per heavy atom. The summed E-state index contributed by atoms with van der Waals surface area (Å²) >= 11 is 0. The van der Waals surface area contributed by atoms with Crippen LogP contribution in [0.15, 0.2) is 291 Å². The van der Waals surface area contributed by atoms with Crippen molar-refractivity contribution in [3.05, 3.63) is 291 Å². The molecule has 0 radical (unpaired) electrons. The molecule has 0 amide bonds. The monoisotopic (exact) mass is 1140 g/mol. The van der Waals surface area contributed by atoms with Crippen LogP contribution < -0.4 is 70.3 Å². The Morgan fingerprint density at radius 3 is 0.326 bits per heavy atom. The highest BCUT2D eigenvalue weighted by Crippen LogP contribution is 2.37. The number of ether oxygens (including phenoxy) is 10. The second kappa shape index (κ2) is 27.1. The summed E-state index contributed by atoms with van der Waals surface area (Å²) in [5.74, 6) is 12.5. The summed E-state index contributed by atoms with van der Waals surface area (Å²) in [6.07, 6.45) is 0. The van der Waals surface area contributed by atoms with Crippen LogP contribution in [0, 0.1) is 0 Å². The quantitative estimate of drug-likeness (QED) is 0.0526. The van der Waals surface area contributed by atoms with E-state index in [0.29, 0.717) is 138 Å². The van der Waals surface area contributed by atoms with Crippen LogP contribution in [0.2, 0.25) is 0 Å². The number of nitrogens with two attached hydrogens (primary N) is 4. The zero-order valence-corrected chi connectivity index (χ0v) is 46.1. The average molecular weight is 1140 g/mol. The zero-order chi connectivity index (χ0) is 58.9. The van der Waals surface area contributed by atoms with E-state index in [1.807, 2.05) is 267 Å². The van der Waals surface area contributed by atoms with Gasteiger partial charge >= 0.3 is 0 Å². The maximum absolute atomic E-state index is 6.17. The SMILES string of the molecule is Nc1cccc(Oc2cccc(Oc3cccc(Oc4cccc(Oc5cccc(N)c5)c4)c3)c2)c1.Nc1cccc(Oc2cccc(Oc3cccc(Oc4cccc(Oc5cccc(Oc6cccc(Oc7cccc(N)c7)c6)c5)c4)c3)c2)c1. The van der Waals surface area contributed by atoms with Gasteiger partial charge in [-0.25, -0.2) is 0 Å². The first-order chi connectivity index (χ1) is 42.1. The molecule has 424 valence electrons. The summed E-state index contributed by atoms with van der Waals surface area (Å²) in [6.45, 7) is 0. The topological polar surface area (TPSA) is 196 Å². The maximum Gasteiger partial charge on any atom is 0.131 e. The lowest BCUT2D eigenvalue weighted by Gasteiger charge is -2.12. The molecule has 0 unspecified atom stereocenters. The van der Waals surface area contributed by atoms with Gasteiger partial charge < -0.3 is 70.3 Å². The van der Waals surface area contributed by atoms with Gasteiger partial charge in [0.2, 0.25) is 0 Å². The van der Waals surface area contributed by atoms with E-state index < -0.39 is 0 Å². The number of hydrogen-bond donors (Lipinski definition) is 4. The standard InChI is InChI=1S/C42H32N2O6.C30H24N2O4/c43-29-8-1-10-31(22-29)45-33-12-3-14-35(24-33)47-37-16-5-18-39(26-37)49-41-20-7-21-42(28-41)50-40-19-6-17-38(27-40)48-36-15-4-13-34(25-36)46-32-11-2-9-30(44)23-32;31-21-6-1-8-23(16-21)33-25-10-3-12-27(18-25)35-29-14-5-15-30(20-29)36-28-13-4-11-26(19-28)34-24-9-2-7-22(32)17-24/h1-28H,43-44H2;1-20H,31-32H2. The van der Waals surface area contributed by atoms with Gasteiger partial charge in [-0.3, -0.25) is 0 Å². The smallest absolute Gasteiger partial charge is 0.131 e. The molecule has 0 saturated carbocycles. The predicted molar refractivity (Wildman–Crippen MR) is 336 cm³/mol. The molecular weight excluding hydrogens is 1080 g/mol. The van der Waals surface area contributed by atoms with Crippen LogP contribution in [0.1, 0.15) is 0 Å². The van der Waals surface area contributed by atoms with Crippen molar-refractivity contribution < 1.29 is 47.4 Å². The summed E-state index contributed by atoms with van der Waals surface area (Å²) in [7, 11) is 0. The summed E-state index contributed by atoms with van der Waals surface area (Å²) in [4.78, 5) is 0. The Labute approximate surface area is 497 Å². The third-order valence-electron chi connectivity index (χ3n) is 12.2. The Kier molecular flexibility index (Phi) is 17.5. The van der Waals surface area contributed by atoms with Gasteiger partial charge in [0.25, 0.3) is 0 Å². The van der Waals surface area contributed by atoms with Crippen LogP contribution in [0.5, 0.6) is 115 Å². The van der Waals surface area contributed by atoms with Crippen LogP contribution in [0.4, 0.5) is 22.7 Å². The Morgan fingerprint density at radius 1 is 0.128 bits per heavy atom. The summed E-state index contributed by atoms with van der Waals surface area (Å²) < 4.78 is 60.4. The van der Waals surface area contributed by atoms with E-state index >= 15 is 0 Å². The van der Waals surface area contributed by atoms with Crippen molar-refractivity contribution in [2.45, 2.75) is 0 Å². The molecule has 12 aromatic carbocycles. The van der Waals surface area contributed by atoms with Gasteiger partial charge in [0.15, 0.2) is 0 Å². The number of hydrogen-bond acceptors (Lipinski definition) is 14. The van der Waals surface area contributed by atoms with Crippen molar-refractivity contribution in [1.29, 1.82) is 0 Å². The second-order valence-electron chi connectivity index (χ2n) is 19.1. The molecule has 0 saturated heterocycles. The maximum atomic E-state index is 6.17. The first kappa shape index (κ1) is 55.7. The molecule has 0 fully saturated rings. The molecule has 0 atom stereocenters. The Bertz CT molecular complexity index is 3990. The molecule has 0 aliphatic carbocycles. The highest BCUT2D eigenvalue weighted by molar-refractivity contribution is 5.52. The molecule has 86 heavy (non-hydrogen) atoms. The van der Waals surface area contributed by atoms with Gasteiger partial charge in [-0.15, -0.1) is 0 Å². The fourth-order valence-corrected chi connectivity index (χ4v) is 8.48. The van der Waals surface area contributed by atoms with Crippen molar-refractivity contribution in [2.24, 2.45) is 0 Å². The van der Waals surface area contributed by atoms with Crippen LogP contribution >= 0.6 is 0 Å². The normalized spacial score (nSPS) is 10.5. The van der Waals surface area contributed by atoms with E-state index in [9.17, 15) is 0 Å². The third kappa shape index (κ3) is 16.5. The highest BCUT2D eigenvalue weighted by atomic mass is 16.5. The second-order valence-corrected chi connectivity index (χ2v) is 19.1. The Hall–Kier alpha value is -12.2. The number of nitrogen functional groups attached to an aromatic ring is 4. The molecule has 0 bridgehead atoms. The van der Waals surface area contributed by atoms with E-state index in [4.69, 9.17) is 70.3 Å². The van der Waals surface area contributed by atoms with E-state index in [1.165, 1.54) is 0 Å². The molecule has 12 rings (SSSR count). The highest BCUT2D eigenvalue weighted by Gasteiger charge is 2.11. The van der Waals surface area contributed by atoms with Crippen molar-refractivity contribution in [2.75, 3.05) is 22.9 Å². The van der Waals surface area contributed by atoms with Gasteiger partial charge in [-0.05, 0) is 146 Å². The van der Waals surface area contributed by atoms with Crippen molar-refractivity contribution in [3.63, 3.8) is 0 Å². The van der Waals surface area contributed by atoms with E-state index in [-0.39, 0.29) is 0 Å². The van der Waals surface area contributed by atoms with Crippen molar-refractivity contribution >= 4 is 22.7 Å². The molecule has 12 aromatic rings.